The summed E-state index contributed by atoms with van der Waals surface area (Å²) >= 11 is 1.62. The monoisotopic (exact) mass is 270 g/mol. The summed E-state index contributed by atoms with van der Waals surface area (Å²) in [6.07, 6.45) is 4.65. The molecule has 102 valence electrons. The second-order valence-corrected chi connectivity index (χ2v) is 5.35. The Bertz CT molecular complexity index is 359. The zero-order valence-corrected chi connectivity index (χ0v) is 12.1. The number of nitrogens with zero attached hydrogens (tertiary/aromatic N) is 1. The molecule has 0 saturated heterocycles. The zero-order chi connectivity index (χ0) is 13.4. The van der Waals surface area contributed by atoms with Gasteiger partial charge >= 0.3 is 0 Å². The summed E-state index contributed by atoms with van der Waals surface area (Å²) in [6, 6.07) is 3.73. The molecule has 5 heteroatoms. The van der Waals surface area contributed by atoms with E-state index in [1.165, 1.54) is 0 Å². The fraction of sp³-hybridized carbons (Fsp3) is 0.615. The second-order valence-electron chi connectivity index (χ2n) is 4.48. The van der Waals surface area contributed by atoms with Crippen LogP contribution in [0.4, 0.5) is 5.82 Å². The van der Waals surface area contributed by atoms with Crippen LogP contribution in [0.2, 0.25) is 0 Å². The first-order valence-electron chi connectivity index (χ1n) is 6.12. The SMILES string of the molecule is CCCOc1cccnc1NCC(C)(O)CSC. The van der Waals surface area contributed by atoms with Crippen LogP contribution in [0.1, 0.15) is 20.3 Å². The number of ether oxygens (including phenoxy) is 1. The molecule has 0 fully saturated rings. The summed E-state index contributed by atoms with van der Waals surface area (Å²) < 4.78 is 5.60. The van der Waals surface area contributed by atoms with Crippen LogP contribution in [0.25, 0.3) is 0 Å². The van der Waals surface area contributed by atoms with E-state index in [-0.39, 0.29) is 0 Å². The third-order valence-corrected chi connectivity index (χ3v) is 3.23. The van der Waals surface area contributed by atoms with Gasteiger partial charge in [-0.3, -0.25) is 0 Å². The first kappa shape index (κ1) is 15.1. The number of pyridine rings is 1. The second kappa shape index (κ2) is 7.48. The molecule has 1 rings (SSSR count). The number of hydrogen-bond donors (Lipinski definition) is 2. The van der Waals surface area contributed by atoms with E-state index in [4.69, 9.17) is 4.74 Å². The number of hydrogen-bond acceptors (Lipinski definition) is 5. The minimum absolute atomic E-state index is 0.452. The van der Waals surface area contributed by atoms with Crippen molar-refractivity contribution in [1.82, 2.24) is 4.98 Å². The number of aliphatic hydroxyl groups is 1. The number of rotatable bonds is 8. The fourth-order valence-corrected chi connectivity index (χ4v) is 2.21. The number of thioether (sulfide) groups is 1. The van der Waals surface area contributed by atoms with E-state index >= 15 is 0 Å². The Morgan fingerprint density at radius 1 is 1.56 bits per heavy atom. The molecule has 18 heavy (non-hydrogen) atoms. The molecule has 2 N–H and O–H groups in total. The number of nitrogens with one attached hydrogen (secondary N) is 1. The molecule has 4 nitrogen and oxygen atoms in total. The molecule has 0 aliphatic carbocycles. The number of aromatic nitrogens is 1. The quantitative estimate of drug-likeness (QED) is 0.759. The van der Waals surface area contributed by atoms with E-state index in [0.29, 0.717) is 24.7 Å². The minimum atomic E-state index is -0.751. The Morgan fingerprint density at radius 3 is 3.00 bits per heavy atom. The Balaban J connectivity index is 2.60. The van der Waals surface area contributed by atoms with Gasteiger partial charge in [-0.05, 0) is 31.7 Å². The molecular weight excluding hydrogens is 248 g/mol. The maximum atomic E-state index is 10.1. The van der Waals surface area contributed by atoms with Crippen molar-refractivity contribution >= 4 is 17.6 Å². The molecule has 0 saturated carbocycles. The van der Waals surface area contributed by atoms with Crippen LogP contribution in [0.15, 0.2) is 18.3 Å². The molecule has 0 radical (unpaired) electrons. The highest BCUT2D eigenvalue weighted by Crippen LogP contribution is 2.22. The molecule has 1 aromatic heterocycles. The molecule has 0 amide bonds. The van der Waals surface area contributed by atoms with Gasteiger partial charge in [-0.25, -0.2) is 4.98 Å². The normalized spacial score (nSPS) is 14.0. The Labute approximate surface area is 113 Å². The molecule has 0 aromatic carbocycles. The standard InChI is InChI=1S/C13H22N2O2S/c1-4-8-17-11-6-5-7-14-12(11)15-9-13(2,16)10-18-3/h5-7,16H,4,8-10H2,1-3H3,(H,14,15). The highest BCUT2D eigenvalue weighted by atomic mass is 32.2. The predicted octanol–water partition coefficient (Wildman–Crippen LogP) is 2.40. The first-order valence-corrected chi connectivity index (χ1v) is 7.51. The largest absolute Gasteiger partial charge is 0.490 e. The summed E-state index contributed by atoms with van der Waals surface area (Å²) in [5.41, 5.74) is -0.751. The molecule has 0 spiro atoms. The van der Waals surface area contributed by atoms with Gasteiger partial charge in [0.1, 0.15) is 0 Å². The average Bonchev–Trinajstić information content (AvgIpc) is 2.35. The lowest BCUT2D eigenvalue weighted by molar-refractivity contribution is 0.0995. The Hall–Kier alpha value is -0.940. The van der Waals surface area contributed by atoms with Crippen molar-refractivity contribution in [3.05, 3.63) is 18.3 Å². The van der Waals surface area contributed by atoms with Crippen molar-refractivity contribution in [2.45, 2.75) is 25.9 Å². The summed E-state index contributed by atoms with van der Waals surface area (Å²) in [7, 11) is 0. The molecule has 0 aliphatic heterocycles. The van der Waals surface area contributed by atoms with Crippen LogP contribution >= 0.6 is 11.8 Å². The van der Waals surface area contributed by atoms with Crippen molar-refractivity contribution in [1.29, 1.82) is 0 Å². The van der Waals surface area contributed by atoms with Crippen LogP contribution in [0, 0.1) is 0 Å². The maximum absolute atomic E-state index is 10.1. The summed E-state index contributed by atoms with van der Waals surface area (Å²) in [5.74, 6) is 2.10. The van der Waals surface area contributed by atoms with Crippen LogP contribution in [0.3, 0.4) is 0 Å². The first-order chi connectivity index (χ1) is 8.59. The molecule has 0 bridgehead atoms. The van der Waals surface area contributed by atoms with Crippen molar-refractivity contribution < 1.29 is 9.84 Å². The Morgan fingerprint density at radius 2 is 2.33 bits per heavy atom. The molecule has 1 heterocycles. The van der Waals surface area contributed by atoms with Gasteiger partial charge < -0.3 is 15.2 Å². The minimum Gasteiger partial charge on any atom is -0.490 e. The highest BCUT2D eigenvalue weighted by Gasteiger charge is 2.20. The Kier molecular flexibility index (Phi) is 6.29. The average molecular weight is 270 g/mol. The third kappa shape index (κ3) is 5.14. The van der Waals surface area contributed by atoms with Crippen LogP contribution < -0.4 is 10.1 Å². The molecule has 1 unspecified atom stereocenters. The van der Waals surface area contributed by atoms with E-state index < -0.39 is 5.60 Å². The van der Waals surface area contributed by atoms with Gasteiger partial charge in [-0.15, -0.1) is 0 Å². The van der Waals surface area contributed by atoms with E-state index in [2.05, 4.69) is 17.2 Å². The van der Waals surface area contributed by atoms with Crippen molar-refractivity contribution in [3.63, 3.8) is 0 Å². The lowest BCUT2D eigenvalue weighted by Gasteiger charge is -2.23. The van der Waals surface area contributed by atoms with Crippen molar-refractivity contribution in [2.75, 3.05) is 30.5 Å². The van der Waals surface area contributed by atoms with Crippen LogP contribution in [-0.2, 0) is 0 Å². The van der Waals surface area contributed by atoms with Crippen molar-refractivity contribution in [2.24, 2.45) is 0 Å². The summed E-state index contributed by atoms with van der Waals surface area (Å²) in [6.45, 7) is 4.99. The molecular formula is C13H22N2O2S. The summed E-state index contributed by atoms with van der Waals surface area (Å²) in [4.78, 5) is 4.24. The van der Waals surface area contributed by atoms with E-state index in [9.17, 15) is 5.11 Å². The van der Waals surface area contributed by atoms with E-state index in [0.717, 1.165) is 12.2 Å². The maximum Gasteiger partial charge on any atom is 0.168 e. The van der Waals surface area contributed by atoms with Gasteiger partial charge in [0.15, 0.2) is 11.6 Å². The van der Waals surface area contributed by atoms with Crippen LogP contribution in [-0.4, -0.2) is 40.9 Å². The van der Waals surface area contributed by atoms with Crippen molar-refractivity contribution in [3.8, 4) is 5.75 Å². The highest BCUT2D eigenvalue weighted by molar-refractivity contribution is 7.98. The van der Waals surface area contributed by atoms with Gasteiger partial charge in [-0.2, -0.15) is 11.8 Å². The molecule has 0 aliphatic rings. The van der Waals surface area contributed by atoms with Gasteiger partial charge in [0.05, 0.1) is 12.2 Å². The predicted molar refractivity (Wildman–Crippen MR) is 77.5 cm³/mol. The summed E-state index contributed by atoms with van der Waals surface area (Å²) in [5, 5.41) is 13.2. The lowest BCUT2D eigenvalue weighted by atomic mass is 10.1. The van der Waals surface area contributed by atoms with E-state index in [1.54, 1.807) is 18.0 Å². The zero-order valence-electron chi connectivity index (χ0n) is 11.3. The fourth-order valence-electron chi connectivity index (χ4n) is 1.49. The van der Waals surface area contributed by atoms with Gasteiger partial charge in [-0.1, -0.05) is 6.92 Å². The van der Waals surface area contributed by atoms with Gasteiger partial charge in [0.2, 0.25) is 0 Å². The molecule has 1 atom stereocenters. The topological polar surface area (TPSA) is 54.4 Å². The number of anilines is 1. The van der Waals surface area contributed by atoms with Crippen LogP contribution in [0.5, 0.6) is 5.75 Å². The van der Waals surface area contributed by atoms with Gasteiger partial charge in [0, 0.05) is 18.5 Å². The van der Waals surface area contributed by atoms with E-state index in [1.807, 2.05) is 25.3 Å². The third-order valence-electron chi connectivity index (χ3n) is 2.32. The smallest absolute Gasteiger partial charge is 0.168 e. The lowest BCUT2D eigenvalue weighted by Crippen LogP contribution is -2.36. The molecule has 1 aromatic rings. The van der Waals surface area contributed by atoms with Gasteiger partial charge in [0.25, 0.3) is 0 Å².